The predicted octanol–water partition coefficient (Wildman–Crippen LogP) is 9.50. The van der Waals surface area contributed by atoms with Gasteiger partial charge in [0.2, 0.25) is 0 Å². The highest BCUT2D eigenvalue weighted by Gasteiger charge is 2.23. The third-order valence-corrected chi connectivity index (χ3v) is 12.9. The Morgan fingerprint density at radius 3 is 1.58 bits per heavy atom. The van der Waals surface area contributed by atoms with Gasteiger partial charge < -0.3 is 40.2 Å². The third-order valence-electron chi connectivity index (χ3n) is 11.5. The number of halogens is 12. The molecule has 0 aliphatic carbocycles. The van der Waals surface area contributed by atoms with Gasteiger partial charge in [-0.25, -0.2) is 9.37 Å². The number of hydrogen-bond acceptors (Lipinski definition) is 19. The van der Waals surface area contributed by atoms with Gasteiger partial charge >= 0.3 is 32.0 Å². The standard InChI is InChI=1S/C28H27F3N8O2.C9H8BrF2N5O.C6H5Br2NO.C3H2F2N4O2.C3H4F2N4/c1-6-18-19(16-10-21(25(40)37(5)14-16)35-22-13-34-39(36-22)27(30)31)7-8-32-24(18)38-26(41)23-15(12-33-38)9-17(11-20(23)29)28(2,3)4;1-16-4-5(10)2-6(8(16)18)14-7-3-13-17(15-7)9(11)12;1-9-3-4(7)2-5(8)6(9)10;4-3(5)8-6-1-2(7-8)9(10)11;4-3(5)9-7-1-2(6)8-9/h7-14,27H,6H2,1-5H3,(H,35,36);2-4,9H,1H3,(H,14,15);2-3H,1H3;1,3H;1,3H,(H2,6,8). The normalized spacial score (nSPS) is 11.2. The van der Waals surface area contributed by atoms with Crippen molar-refractivity contribution < 1.29 is 44.4 Å². The fourth-order valence-corrected chi connectivity index (χ4v) is 9.30. The Hall–Kier alpha value is -9.47. The van der Waals surface area contributed by atoms with Crippen LogP contribution in [0.25, 0.3) is 27.7 Å². The molecule has 40 heteroatoms. The van der Waals surface area contributed by atoms with Crippen LogP contribution in [0.3, 0.4) is 0 Å². The topological polar surface area (TPSA) is 330 Å². The van der Waals surface area contributed by atoms with Gasteiger partial charge in [0.1, 0.15) is 17.2 Å². The minimum atomic E-state index is -2.94. The monoisotopic (exact) mass is 1450 g/mol. The van der Waals surface area contributed by atoms with E-state index in [0.29, 0.717) is 43.6 Å². The summed E-state index contributed by atoms with van der Waals surface area (Å²) in [7, 11) is 4.83. The summed E-state index contributed by atoms with van der Waals surface area (Å²) < 4.78 is 119. The lowest BCUT2D eigenvalue weighted by Crippen LogP contribution is -2.25. The summed E-state index contributed by atoms with van der Waals surface area (Å²) in [5, 5.41) is 46.0. The highest BCUT2D eigenvalue weighted by Crippen LogP contribution is 2.31. The number of rotatable bonds is 12. The lowest BCUT2D eigenvalue weighted by molar-refractivity contribution is -0.390. The second-order valence-corrected chi connectivity index (χ2v) is 21.5. The molecule has 4 N–H and O–H groups in total. The van der Waals surface area contributed by atoms with E-state index in [2.05, 4.69) is 109 Å². The average Bonchev–Trinajstić information content (AvgIpc) is 1.43. The van der Waals surface area contributed by atoms with E-state index in [0.717, 1.165) is 33.3 Å². The highest BCUT2D eigenvalue weighted by molar-refractivity contribution is 9.11. The van der Waals surface area contributed by atoms with Gasteiger partial charge in [-0.05, 0) is 117 Å². The largest absolute Gasteiger partial charge is 0.410 e. The van der Waals surface area contributed by atoms with Gasteiger partial charge in [0, 0.05) is 71.4 Å². The van der Waals surface area contributed by atoms with Crippen molar-refractivity contribution in [2.45, 2.75) is 65.7 Å². The number of nitrogens with two attached hydrogens (primary N) is 1. The zero-order chi connectivity index (χ0) is 65.9. The van der Waals surface area contributed by atoms with E-state index in [1.807, 2.05) is 27.7 Å². The van der Waals surface area contributed by atoms with E-state index < -0.39 is 53.9 Å². The molecule has 0 bridgehead atoms. The maximum absolute atomic E-state index is 15.3. The lowest BCUT2D eigenvalue weighted by atomic mass is 9.86. The number of nitrogens with zero attached hydrogens (tertiary/aromatic N) is 19. The van der Waals surface area contributed by atoms with Crippen molar-refractivity contribution in [1.82, 2.24) is 88.4 Å². The second kappa shape index (κ2) is 29.5. The quantitative estimate of drug-likeness (QED) is 0.0582. The number of nitrogen functional groups attached to an aromatic ring is 1. The van der Waals surface area contributed by atoms with Crippen LogP contribution in [0.4, 0.5) is 74.2 Å². The third kappa shape index (κ3) is 17.6. The van der Waals surface area contributed by atoms with Crippen molar-refractivity contribution in [1.29, 1.82) is 0 Å². The number of aryl methyl sites for hydroxylation is 3. The first-order valence-corrected chi connectivity index (χ1v) is 27.2. The van der Waals surface area contributed by atoms with Crippen LogP contribution in [0.1, 0.15) is 65.0 Å². The number of fused-ring (bicyclic) bond motifs is 1. The van der Waals surface area contributed by atoms with Crippen LogP contribution < -0.4 is 38.6 Å². The predicted molar refractivity (Wildman–Crippen MR) is 313 cm³/mol. The van der Waals surface area contributed by atoms with Gasteiger partial charge in [-0.15, -0.1) is 34.8 Å². The molecular weight excluding hydrogens is 1400 g/mol. The molecule has 9 heterocycles. The van der Waals surface area contributed by atoms with Crippen molar-refractivity contribution >= 4 is 93.2 Å². The lowest BCUT2D eigenvalue weighted by Gasteiger charge is -2.20. The van der Waals surface area contributed by atoms with Crippen LogP contribution in [0, 0.1) is 15.9 Å². The molecule has 0 spiro atoms. The Balaban J connectivity index is 0.000000213. The first-order chi connectivity index (χ1) is 41.8. The highest BCUT2D eigenvalue weighted by atomic mass is 79.9. The summed E-state index contributed by atoms with van der Waals surface area (Å²) in [5.41, 5.74) is 6.14. The summed E-state index contributed by atoms with van der Waals surface area (Å²) in [6, 6.07) is 9.66. The Morgan fingerprint density at radius 2 is 1.12 bits per heavy atom. The summed E-state index contributed by atoms with van der Waals surface area (Å²) in [6.07, 6.45) is 12.2. The molecule has 472 valence electrons. The fourth-order valence-electron chi connectivity index (χ4n) is 7.40. The number of pyridine rings is 4. The maximum Gasteiger partial charge on any atom is 0.410 e. The molecule has 0 saturated heterocycles. The number of aromatic nitrogens is 18. The number of anilines is 5. The van der Waals surface area contributed by atoms with Crippen LogP contribution in [0.15, 0.2) is 125 Å². The molecule has 89 heavy (non-hydrogen) atoms. The van der Waals surface area contributed by atoms with E-state index in [1.165, 1.54) is 38.2 Å². The van der Waals surface area contributed by atoms with E-state index in [9.17, 15) is 64.4 Å². The van der Waals surface area contributed by atoms with Crippen molar-refractivity contribution in [3.05, 3.63) is 174 Å². The molecular formula is C49H46Br3F9N22O6. The molecule has 0 amide bonds. The van der Waals surface area contributed by atoms with Crippen LogP contribution >= 0.6 is 47.8 Å². The summed E-state index contributed by atoms with van der Waals surface area (Å²) in [6.45, 7) is -3.65. The number of benzene rings is 1. The number of nitrogens with one attached hydrogen (secondary N) is 2. The van der Waals surface area contributed by atoms with Crippen LogP contribution in [0.5, 0.6) is 0 Å². The zero-order valence-electron chi connectivity index (χ0n) is 46.7. The Morgan fingerprint density at radius 1 is 0.629 bits per heavy atom. The average molecular weight is 1450 g/mol. The zero-order valence-corrected chi connectivity index (χ0v) is 51.5. The van der Waals surface area contributed by atoms with E-state index >= 15 is 4.39 Å². The van der Waals surface area contributed by atoms with Crippen molar-refractivity contribution in [3.8, 4) is 16.9 Å². The Labute approximate surface area is 517 Å². The Bertz CT molecular complexity index is 4360. The first-order valence-electron chi connectivity index (χ1n) is 24.8. The van der Waals surface area contributed by atoms with Gasteiger partial charge in [-0.3, -0.25) is 19.2 Å². The first kappa shape index (κ1) is 68.6. The van der Waals surface area contributed by atoms with E-state index in [1.54, 1.807) is 64.0 Å². The maximum atomic E-state index is 15.3. The van der Waals surface area contributed by atoms with Crippen molar-refractivity contribution in [3.63, 3.8) is 0 Å². The molecule has 28 nitrogen and oxygen atoms in total. The SMILES string of the molecule is CCc1c(-c2cc(Nc3cnn(C(F)F)n3)c(=O)n(C)c2)ccnc1-n1ncc2cc(C(C)(C)C)cc(F)c2c1=O.Cn1cc(Br)cc(Br)c1=O.Cn1cc(Br)cc(Nc2cnn(C(F)F)n2)c1=O.Nc1cnn(C(F)F)n1.O=[N+]([O-])c1cnn(C(F)F)n1. The van der Waals surface area contributed by atoms with Crippen LogP contribution in [0.2, 0.25) is 0 Å². The van der Waals surface area contributed by atoms with Crippen LogP contribution in [-0.4, -0.2) is 93.4 Å². The minimum absolute atomic E-state index is 0.00435. The van der Waals surface area contributed by atoms with E-state index in [4.69, 9.17) is 5.73 Å². The van der Waals surface area contributed by atoms with Gasteiger partial charge in [0.15, 0.2) is 29.5 Å². The minimum Gasteiger partial charge on any atom is -0.381 e. The summed E-state index contributed by atoms with van der Waals surface area (Å²) in [4.78, 5) is 63.2. The molecule has 1 aromatic carbocycles. The molecule has 10 aromatic rings. The second-order valence-electron chi connectivity index (χ2n) is 18.8. The molecule has 0 aliphatic rings. The summed E-state index contributed by atoms with van der Waals surface area (Å²) >= 11 is 9.62. The van der Waals surface area contributed by atoms with Crippen LogP contribution in [-0.2, 0) is 33.0 Å². The molecule has 0 atom stereocenters. The number of alkyl halides is 8. The molecule has 0 radical (unpaired) electrons. The number of hydrogen-bond donors (Lipinski definition) is 3. The molecule has 0 fully saturated rings. The van der Waals surface area contributed by atoms with E-state index in [-0.39, 0.29) is 75.8 Å². The van der Waals surface area contributed by atoms with Gasteiger partial charge in [-0.1, -0.05) is 27.7 Å². The fraction of sp³-hybridized carbons (Fsp3) is 0.265. The van der Waals surface area contributed by atoms with Crippen molar-refractivity contribution in [2.75, 3.05) is 16.4 Å². The molecule has 10 rings (SSSR count). The molecule has 0 unspecified atom stereocenters. The van der Waals surface area contributed by atoms with Gasteiger partial charge in [0.05, 0.1) is 39.7 Å². The van der Waals surface area contributed by atoms with Crippen molar-refractivity contribution in [2.24, 2.45) is 21.1 Å². The van der Waals surface area contributed by atoms with Gasteiger partial charge in [0.25, 0.3) is 22.2 Å². The van der Waals surface area contributed by atoms with Gasteiger partial charge in [-0.2, -0.15) is 60.2 Å². The smallest absolute Gasteiger partial charge is 0.381 e. The molecule has 0 aliphatic heterocycles. The number of nitro groups is 1. The molecule has 0 saturated carbocycles. The molecule has 9 aromatic heterocycles. The Kier molecular flexibility index (Phi) is 22.7. The summed E-state index contributed by atoms with van der Waals surface area (Å²) in [5.74, 6) is -1.07.